The predicted molar refractivity (Wildman–Crippen MR) is 97.4 cm³/mol. The molecule has 0 bridgehead atoms. The predicted octanol–water partition coefficient (Wildman–Crippen LogP) is 1.86. The van der Waals surface area contributed by atoms with E-state index in [2.05, 4.69) is 20.6 Å². The van der Waals surface area contributed by atoms with Crippen LogP contribution in [0.3, 0.4) is 0 Å². The first-order valence-corrected chi connectivity index (χ1v) is 7.81. The van der Waals surface area contributed by atoms with Crippen molar-refractivity contribution in [2.24, 2.45) is 4.99 Å². The second-order valence-corrected chi connectivity index (χ2v) is 5.76. The van der Waals surface area contributed by atoms with Crippen LogP contribution >= 0.6 is 11.6 Å². The van der Waals surface area contributed by atoms with E-state index in [-0.39, 0.29) is 50.7 Å². The number of aromatic nitrogens is 1. The van der Waals surface area contributed by atoms with Gasteiger partial charge in [-0.1, -0.05) is 17.7 Å². The molecular weight excluding hydrogens is 375 g/mol. The zero-order valence-electron chi connectivity index (χ0n) is 13.8. The van der Waals surface area contributed by atoms with Crippen molar-refractivity contribution >= 4 is 34.9 Å². The molecule has 1 aliphatic rings. The van der Waals surface area contributed by atoms with Gasteiger partial charge in [-0.05, 0) is 6.07 Å². The molecule has 1 aromatic carbocycles. The molecule has 1 unspecified atom stereocenters. The van der Waals surface area contributed by atoms with Crippen molar-refractivity contribution in [1.82, 2.24) is 10.3 Å². The molecule has 9 nitrogen and oxygen atoms in total. The highest BCUT2D eigenvalue weighted by Gasteiger charge is 2.32. The summed E-state index contributed by atoms with van der Waals surface area (Å²) < 4.78 is 19.4. The SMILES string of the molecule is COc1ccc(C2N=C(NC#N)Nc3nc(N)c(C#N)c(N)c32)c(Cl)c1F. The largest absolute Gasteiger partial charge is 0.494 e. The van der Waals surface area contributed by atoms with Crippen LogP contribution in [0.15, 0.2) is 17.1 Å². The molecule has 1 atom stereocenters. The number of nitrogens with zero attached hydrogens (tertiary/aromatic N) is 4. The molecule has 0 fully saturated rings. The first kappa shape index (κ1) is 18.0. The Kier molecular flexibility index (Phi) is 4.59. The van der Waals surface area contributed by atoms with Gasteiger partial charge in [0, 0.05) is 11.1 Å². The van der Waals surface area contributed by atoms with Gasteiger partial charge in [-0.2, -0.15) is 10.5 Å². The van der Waals surface area contributed by atoms with Gasteiger partial charge in [0.2, 0.25) is 5.96 Å². The number of nitrogens with two attached hydrogens (primary N) is 2. The van der Waals surface area contributed by atoms with Crippen LogP contribution in [0.1, 0.15) is 22.7 Å². The molecule has 2 aromatic rings. The minimum absolute atomic E-state index is 0.0300. The molecular formula is C16H12ClFN8O. The Labute approximate surface area is 158 Å². The maximum Gasteiger partial charge on any atom is 0.211 e. The van der Waals surface area contributed by atoms with Crippen LogP contribution in [0.5, 0.6) is 5.75 Å². The molecule has 0 saturated heterocycles. The van der Waals surface area contributed by atoms with Crippen LogP contribution in [0.2, 0.25) is 5.02 Å². The lowest BCUT2D eigenvalue weighted by Crippen LogP contribution is -2.32. The molecule has 1 aromatic heterocycles. The van der Waals surface area contributed by atoms with E-state index < -0.39 is 11.9 Å². The number of anilines is 3. The van der Waals surface area contributed by atoms with Crippen molar-refractivity contribution in [3.05, 3.63) is 39.7 Å². The maximum atomic E-state index is 14.4. The smallest absolute Gasteiger partial charge is 0.211 e. The van der Waals surface area contributed by atoms with Gasteiger partial charge in [-0.3, -0.25) is 5.32 Å². The molecule has 0 amide bonds. The molecule has 3 rings (SSSR count). The van der Waals surface area contributed by atoms with Crippen molar-refractivity contribution in [2.75, 3.05) is 23.9 Å². The summed E-state index contributed by atoms with van der Waals surface area (Å²) in [6.07, 6.45) is 1.72. The van der Waals surface area contributed by atoms with E-state index in [0.717, 1.165) is 0 Å². The Hall–Kier alpha value is -3.76. The number of pyridine rings is 1. The first-order chi connectivity index (χ1) is 12.9. The molecule has 0 spiro atoms. The van der Waals surface area contributed by atoms with Gasteiger partial charge in [0.15, 0.2) is 17.8 Å². The molecule has 6 N–H and O–H groups in total. The summed E-state index contributed by atoms with van der Waals surface area (Å²) in [6.45, 7) is 0. The van der Waals surface area contributed by atoms with Crippen molar-refractivity contribution < 1.29 is 9.13 Å². The fourth-order valence-electron chi connectivity index (χ4n) is 2.72. The minimum atomic E-state index is -0.940. The Morgan fingerprint density at radius 1 is 1.37 bits per heavy atom. The van der Waals surface area contributed by atoms with Crippen LogP contribution in [0, 0.1) is 28.6 Å². The third-order valence-corrected chi connectivity index (χ3v) is 4.33. The molecule has 2 heterocycles. The van der Waals surface area contributed by atoms with Gasteiger partial charge >= 0.3 is 0 Å². The highest BCUT2D eigenvalue weighted by atomic mass is 35.5. The minimum Gasteiger partial charge on any atom is -0.494 e. The Morgan fingerprint density at radius 2 is 2.11 bits per heavy atom. The molecule has 0 saturated carbocycles. The number of nitriles is 2. The summed E-state index contributed by atoms with van der Waals surface area (Å²) in [5.74, 6) is -0.694. The zero-order chi connectivity index (χ0) is 19.7. The highest BCUT2D eigenvalue weighted by molar-refractivity contribution is 6.31. The molecule has 27 heavy (non-hydrogen) atoms. The molecule has 1 aliphatic heterocycles. The number of guanidine groups is 1. The fourth-order valence-corrected chi connectivity index (χ4v) is 2.98. The van der Waals surface area contributed by atoms with Crippen LogP contribution in [0.4, 0.5) is 21.7 Å². The number of halogens is 2. The Balaban J connectivity index is 2.29. The Bertz CT molecular complexity index is 1060. The number of ether oxygens (including phenoxy) is 1. The third kappa shape index (κ3) is 2.88. The van der Waals surface area contributed by atoms with E-state index in [1.807, 2.05) is 6.07 Å². The fraction of sp³-hybridized carbons (Fsp3) is 0.125. The van der Waals surface area contributed by atoms with Gasteiger partial charge in [-0.25, -0.2) is 14.4 Å². The van der Waals surface area contributed by atoms with Gasteiger partial charge in [0.1, 0.15) is 29.3 Å². The number of nitrogen functional groups attached to an aromatic ring is 2. The number of hydrogen-bond donors (Lipinski definition) is 4. The van der Waals surface area contributed by atoms with Crippen LogP contribution in [-0.4, -0.2) is 18.1 Å². The van der Waals surface area contributed by atoms with Gasteiger partial charge in [-0.15, -0.1) is 0 Å². The first-order valence-electron chi connectivity index (χ1n) is 7.43. The summed E-state index contributed by atoms with van der Waals surface area (Å²) in [4.78, 5) is 8.43. The zero-order valence-corrected chi connectivity index (χ0v) is 14.6. The molecule has 11 heteroatoms. The summed E-state index contributed by atoms with van der Waals surface area (Å²) in [5, 5.41) is 23.1. The van der Waals surface area contributed by atoms with E-state index >= 15 is 0 Å². The number of methoxy groups -OCH3 is 1. The molecule has 136 valence electrons. The third-order valence-electron chi connectivity index (χ3n) is 3.95. The van der Waals surface area contributed by atoms with E-state index in [0.29, 0.717) is 0 Å². The van der Waals surface area contributed by atoms with Crippen molar-refractivity contribution in [3.8, 4) is 18.0 Å². The maximum absolute atomic E-state index is 14.4. The quantitative estimate of drug-likeness (QED) is 0.449. The van der Waals surface area contributed by atoms with Crippen LogP contribution < -0.4 is 26.8 Å². The van der Waals surface area contributed by atoms with Gasteiger partial charge < -0.3 is 21.5 Å². The average Bonchev–Trinajstić information content (AvgIpc) is 2.63. The number of aliphatic imine (C=N–C) groups is 1. The number of rotatable bonds is 2. The van der Waals surface area contributed by atoms with Crippen LogP contribution in [-0.2, 0) is 0 Å². The highest BCUT2D eigenvalue weighted by Crippen LogP contribution is 2.43. The van der Waals surface area contributed by atoms with Crippen molar-refractivity contribution in [1.29, 1.82) is 10.5 Å². The monoisotopic (exact) mass is 386 g/mol. The number of fused-ring (bicyclic) bond motifs is 1. The van der Waals surface area contributed by atoms with E-state index in [1.54, 1.807) is 6.19 Å². The molecule has 0 aliphatic carbocycles. The lowest BCUT2D eigenvalue weighted by molar-refractivity contribution is 0.386. The number of nitrogens with one attached hydrogen (secondary N) is 2. The second kappa shape index (κ2) is 6.86. The lowest BCUT2D eigenvalue weighted by atomic mass is 9.95. The standard InChI is InChI=1S/C16H12ClFN8O/c1-27-8-3-2-6(10(17)11(8)18)13-9-12(21)7(4-19)14(22)25-15(9)26-16(24-13)23-5-20/h2-3,13H,1H3,(H6,21,22,23,24,25,26). The van der Waals surface area contributed by atoms with Gasteiger partial charge in [0.25, 0.3) is 0 Å². The second-order valence-electron chi connectivity index (χ2n) is 5.39. The number of hydrogen-bond acceptors (Lipinski definition) is 9. The summed E-state index contributed by atoms with van der Waals surface area (Å²) in [6, 6.07) is 3.84. The summed E-state index contributed by atoms with van der Waals surface area (Å²) in [5.41, 5.74) is 12.4. The van der Waals surface area contributed by atoms with E-state index in [1.165, 1.54) is 19.2 Å². The van der Waals surface area contributed by atoms with E-state index in [9.17, 15) is 9.65 Å². The summed E-state index contributed by atoms with van der Waals surface area (Å²) in [7, 11) is 1.31. The lowest BCUT2D eigenvalue weighted by Gasteiger charge is -2.26. The summed E-state index contributed by atoms with van der Waals surface area (Å²) >= 11 is 6.18. The topological polar surface area (TPSA) is 158 Å². The van der Waals surface area contributed by atoms with E-state index in [4.69, 9.17) is 33.1 Å². The number of benzene rings is 1. The average molecular weight is 387 g/mol. The van der Waals surface area contributed by atoms with Crippen molar-refractivity contribution in [3.63, 3.8) is 0 Å². The van der Waals surface area contributed by atoms with Gasteiger partial charge in [0.05, 0.1) is 17.8 Å². The van der Waals surface area contributed by atoms with Crippen LogP contribution in [0.25, 0.3) is 0 Å². The Morgan fingerprint density at radius 3 is 2.74 bits per heavy atom. The van der Waals surface area contributed by atoms with Crippen molar-refractivity contribution in [2.45, 2.75) is 6.04 Å². The normalized spacial score (nSPS) is 14.9. The molecule has 0 radical (unpaired) electrons.